The average Bonchev–Trinajstić information content (AvgIpc) is 2.41. The SMILES string of the molecule is Cc1cc(F)ccc1Oc1ncc(CNC(C)C)cn1. The number of nitrogens with zero attached hydrogens (tertiary/aromatic N) is 2. The topological polar surface area (TPSA) is 47.0 Å². The lowest BCUT2D eigenvalue weighted by Gasteiger charge is -2.09. The zero-order valence-electron chi connectivity index (χ0n) is 11.9. The molecule has 0 aliphatic heterocycles. The van der Waals surface area contributed by atoms with Gasteiger partial charge >= 0.3 is 6.01 Å². The van der Waals surface area contributed by atoms with Crippen LogP contribution in [0.25, 0.3) is 0 Å². The molecule has 1 heterocycles. The summed E-state index contributed by atoms with van der Waals surface area (Å²) in [7, 11) is 0. The number of nitrogens with one attached hydrogen (secondary N) is 1. The highest BCUT2D eigenvalue weighted by molar-refractivity contribution is 5.34. The van der Waals surface area contributed by atoms with E-state index in [2.05, 4.69) is 29.1 Å². The normalized spacial score (nSPS) is 10.8. The zero-order chi connectivity index (χ0) is 14.5. The molecule has 0 saturated heterocycles. The summed E-state index contributed by atoms with van der Waals surface area (Å²) in [5, 5.41) is 3.28. The van der Waals surface area contributed by atoms with Gasteiger partial charge in [-0.2, -0.15) is 0 Å². The molecule has 1 aromatic carbocycles. The Kier molecular flexibility index (Phi) is 4.63. The van der Waals surface area contributed by atoms with Gasteiger partial charge in [0.25, 0.3) is 0 Å². The fraction of sp³-hybridized carbons (Fsp3) is 0.333. The quantitative estimate of drug-likeness (QED) is 0.910. The predicted octanol–water partition coefficient (Wildman–Crippen LogP) is 3.21. The number of aryl methyl sites for hydroxylation is 1. The van der Waals surface area contributed by atoms with Crippen molar-refractivity contribution in [3.63, 3.8) is 0 Å². The van der Waals surface area contributed by atoms with Crippen LogP contribution in [-0.4, -0.2) is 16.0 Å². The van der Waals surface area contributed by atoms with Crippen molar-refractivity contribution in [2.75, 3.05) is 0 Å². The molecule has 0 aliphatic rings. The van der Waals surface area contributed by atoms with Crippen molar-refractivity contribution >= 4 is 0 Å². The third kappa shape index (κ3) is 3.99. The highest BCUT2D eigenvalue weighted by atomic mass is 19.1. The molecule has 106 valence electrons. The first kappa shape index (κ1) is 14.4. The first-order valence-corrected chi connectivity index (χ1v) is 6.53. The molecule has 20 heavy (non-hydrogen) atoms. The van der Waals surface area contributed by atoms with Crippen LogP contribution in [0.5, 0.6) is 11.8 Å². The van der Waals surface area contributed by atoms with Crippen molar-refractivity contribution in [3.8, 4) is 11.8 Å². The van der Waals surface area contributed by atoms with Crippen molar-refractivity contribution in [2.45, 2.75) is 33.4 Å². The Morgan fingerprint density at radius 2 is 1.95 bits per heavy atom. The van der Waals surface area contributed by atoms with Gasteiger partial charge in [0.2, 0.25) is 0 Å². The summed E-state index contributed by atoms with van der Waals surface area (Å²) >= 11 is 0. The highest BCUT2D eigenvalue weighted by Gasteiger charge is 2.05. The summed E-state index contributed by atoms with van der Waals surface area (Å²) in [4.78, 5) is 8.30. The third-order valence-electron chi connectivity index (χ3n) is 2.73. The largest absolute Gasteiger partial charge is 0.424 e. The second-order valence-corrected chi connectivity index (χ2v) is 4.92. The Hall–Kier alpha value is -2.01. The first-order valence-electron chi connectivity index (χ1n) is 6.53. The minimum atomic E-state index is -0.286. The van der Waals surface area contributed by atoms with Crippen molar-refractivity contribution in [3.05, 3.63) is 47.5 Å². The van der Waals surface area contributed by atoms with Crippen LogP contribution in [0, 0.1) is 12.7 Å². The van der Waals surface area contributed by atoms with E-state index in [9.17, 15) is 4.39 Å². The molecular formula is C15H18FN3O. The molecule has 4 nitrogen and oxygen atoms in total. The second kappa shape index (κ2) is 6.43. The van der Waals surface area contributed by atoms with Crippen molar-refractivity contribution < 1.29 is 9.13 Å². The molecule has 0 unspecified atom stereocenters. The van der Waals surface area contributed by atoms with Gasteiger partial charge in [-0.25, -0.2) is 14.4 Å². The van der Waals surface area contributed by atoms with Crippen LogP contribution in [0.4, 0.5) is 4.39 Å². The smallest absolute Gasteiger partial charge is 0.321 e. The van der Waals surface area contributed by atoms with E-state index in [0.717, 1.165) is 5.56 Å². The van der Waals surface area contributed by atoms with Crippen LogP contribution >= 0.6 is 0 Å². The van der Waals surface area contributed by atoms with Crippen LogP contribution in [0.1, 0.15) is 25.0 Å². The second-order valence-electron chi connectivity index (χ2n) is 4.92. The van der Waals surface area contributed by atoms with Gasteiger partial charge < -0.3 is 10.1 Å². The van der Waals surface area contributed by atoms with Crippen molar-refractivity contribution in [2.24, 2.45) is 0 Å². The molecule has 0 spiro atoms. The Balaban J connectivity index is 2.03. The molecule has 0 aliphatic carbocycles. The Labute approximate surface area is 118 Å². The molecule has 1 N–H and O–H groups in total. The molecule has 0 atom stereocenters. The lowest BCUT2D eigenvalue weighted by Crippen LogP contribution is -2.21. The van der Waals surface area contributed by atoms with Gasteiger partial charge in [-0.05, 0) is 30.7 Å². The number of benzene rings is 1. The molecule has 0 saturated carbocycles. The predicted molar refractivity (Wildman–Crippen MR) is 75.2 cm³/mol. The van der Waals surface area contributed by atoms with E-state index in [1.165, 1.54) is 12.1 Å². The van der Waals surface area contributed by atoms with Gasteiger partial charge in [0.05, 0.1) is 0 Å². The maximum absolute atomic E-state index is 13.0. The molecule has 0 amide bonds. The fourth-order valence-corrected chi connectivity index (χ4v) is 1.63. The van der Waals surface area contributed by atoms with E-state index in [1.54, 1.807) is 25.4 Å². The molecular weight excluding hydrogens is 257 g/mol. The Bertz CT molecular complexity index is 570. The van der Waals surface area contributed by atoms with E-state index in [4.69, 9.17) is 4.74 Å². The van der Waals surface area contributed by atoms with E-state index >= 15 is 0 Å². The zero-order valence-corrected chi connectivity index (χ0v) is 11.9. The standard InChI is InChI=1S/C15H18FN3O/c1-10(2)17-7-12-8-18-15(19-9-12)20-14-5-4-13(16)6-11(14)3/h4-6,8-10,17H,7H2,1-3H3. The van der Waals surface area contributed by atoms with E-state index < -0.39 is 0 Å². The van der Waals surface area contributed by atoms with Gasteiger partial charge in [0.15, 0.2) is 0 Å². The molecule has 0 bridgehead atoms. The molecule has 2 rings (SSSR count). The van der Waals surface area contributed by atoms with E-state index in [-0.39, 0.29) is 11.8 Å². The first-order chi connectivity index (χ1) is 9.54. The molecule has 1 aromatic heterocycles. The monoisotopic (exact) mass is 275 g/mol. The van der Waals surface area contributed by atoms with Crippen LogP contribution in [0.2, 0.25) is 0 Å². The third-order valence-corrected chi connectivity index (χ3v) is 2.73. The number of ether oxygens (including phenoxy) is 1. The van der Waals surface area contributed by atoms with Gasteiger partial charge in [-0.1, -0.05) is 13.8 Å². The van der Waals surface area contributed by atoms with Crippen molar-refractivity contribution in [1.82, 2.24) is 15.3 Å². The van der Waals surface area contributed by atoms with E-state index in [0.29, 0.717) is 23.9 Å². The number of aromatic nitrogens is 2. The lowest BCUT2D eigenvalue weighted by atomic mass is 10.2. The van der Waals surface area contributed by atoms with Gasteiger partial charge in [0, 0.05) is 30.5 Å². The Morgan fingerprint density at radius 1 is 1.25 bits per heavy atom. The molecule has 2 aromatic rings. The highest BCUT2D eigenvalue weighted by Crippen LogP contribution is 2.22. The lowest BCUT2D eigenvalue weighted by molar-refractivity contribution is 0.435. The van der Waals surface area contributed by atoms with E-state index in [1.807, 2.05) is 0 Å². The van der Waals surface area contributed by atoms with Gasteiger partial charge in [-0.3, -0.25) is 0 Å². The summed E-state index contributed by atoms with van der Waals surface area (Å²) in [6, 6.07) is 5.00. The van der Waals surface area contributed by atoms with Crippen LogP contribution in [0.15, 0.2) is 30.6 Å². The number of halogens is 1. The van der Waals surface area contributed by atoms with Gasteiger partial charge in [-0.15, -0.1) is 0 Å². The van der Waals surface area contributed by atoms with Gasteiger partial charge in [0.1, 0.15) is 11.6 Å². The minimum absolute atomic E-state index is 0.257. The van der Waals surface area contributed by atoms with Crippen molar-refractivity contribution in [1.29, 1.82) is 0 Å². The minimum Gasteiger partial charge on any atom is -0.424 e. The van der Waals surface area contributed by atoms with Crippen LogP contribution < -0.4 is 10.1 Å². The van der Waals surface area contributed by atoms with Crippen LogP contribution in [0.3, 0.4) is 0 Å². The number of hydrogen-bond donors (Lipinski definition) is 1. The Morgan fingerprint density at radius 3 is 2.55 bits per heavy atom. The van der Waals surface area contributed by atoms with Crippen LogP contribution in [-0.2, 0) is 6.54 Å². The summed E-state index contributed by atoms with van der Waals surface area (Å²) in [6.07, 6.45) is 3.44. The average molecular weight is 275 g/mol. The number of rotatable bonds is 5. The maximum atomic E-state index is 13.0. The summed E-state index contributed by atoms with van der Waals surface area (Å²) in [5.41, 5.74) is 1.70. The molecule has 5 heteroatoms. The number of hydrogen-bond acceptors (Lipinski definition) is 4. The maximum Gasteiger partial charge on any atom is 0.321 e. The molecule has 0 radical (unpaired) electrons. The summed E-state index contributed by atoms with van der Waals surface area (Å²) < 4.78 is 18.5. The summed E-state index contributed by atoms with van der Waals surface area (Å²) in [6.45, 7) is 6.65. The summed E-state index contributed by atoms with van der Waals surface area (Å²) in [5.74, 6) is 0.269. The fourth-order valence-electron chi connectivity index (χ4n) is 1.63. The molecule has 0 fully saturated rings.